The van der Waals surface area contributed by atoms with Gasteiger partial charge in [0.15, 0.2) is 0 Å². The highest BCUT2D eigenvalue weighted by atomic mass is 16.5. The van der Waals surface area contributed by atoms with Crippen LogP contribution in [0.15, 0.2) is 29.3 Å². The Morgan fingerprint density at radius 3 is 2.46 bits per heavy atom. The van der Waals surface area contributed by atoms with Gasteiger partial charge in [0.25, 0.3) is 0 Å². The first-order valence-electron chi connectivity index (χ1n) is 9.15. The molecule has 5 heteroatoms. The van der Waals surface area contributed by atoms with Crippen molar-refractivity contribution >= 4 is 5.71 Å². The van der Waals surface area contributed by atoms with E-state index in [0.717, 1.165) is 29.7 Å². The van der Waals surface area contributed by atoms with Crippen LogP contribution in [0, 0.1) is 39.9 Å². The second-order valence-electron chi connectivity index (χ2n) is 6.68. The fourth-order valence-corrected chi connectivity index (χ4v) is 3.72. The standard InChI is InChI=1S/C21H23N3O2/c1-3-25-14-7-8-15(20(9-14)26-4-2)17-10-16(13-5-6-13)18(11-22)21(24)19(17)12-23/h7-9,13,17,19,24H,3-6,10H2,1-2H3/t17-,19?/m0/s1. The summed E-state index contributed by atoms with van der Waals surface area (Å²) in [5.41, 5.74) is 2.55. The number of benzene rings is 1. The number of nitrogens with zero attached hydrogens (tertiary/aromatic N) is 2. The van der Waals surface area contributed by atoms with Crippen LogP contribution >= 0.6 is 0 Å². The molecule has 1 unspecified atom stereocenters. The largest absolute Gasteiger partial charge is 0.494 e. The predicted molar refractivity (Wildman–Crippen MR) is 98.3 cm³/mol. The Balaban J connectivity index is 2.05. The van der Waals surface area contributed by atoms with E-state index in [0.29, 0.717) is 36.9 Å². The van der Waals surface area contributed by atoms with Crippen LogP contribution in [0.3, 0.4) is 0 Å². The Kier molecular flexibility index (Phi) is 5.28. The second kappa shape index (κ2) is 7.62. The van der Waals surface area contributed by atoms with E-state index in [9.17, 15) is 10.5 Å². The molecule has 1 fully saturated rings. The quantitative estimate of drug-likeness (QED) is 0.826. The molecule has 0 saturated heterocycles. The van der Waals surface area contributed by atoms with E-state index in [1.54, 1.807) is 0 Å². The van der Waals surface area contributed by atoms with Crippen molar-refractivity contribution in [2.75, 3.05) is 13.2 Å². The Hall–Kier alpha value is -2.79. The maximum Gasteiger partial charge on any atom is 0.126 e. The number of ether oxygens (including phenoxy) is 2. The lowest BCUT2D eigenvalue weighted by Gasteiger charge is -2.31. The average molecular weight is 349 g/mol. The monoisotopic (exact) mass is 349 g/mol. The minimum atomic E-state index is -0.635. The molecule has 0 radical (unpaired) electrons. The summed E-state index contributed by atoms with van der Waals surface area (Å²) in [6.07, 6.45) is 2.78. The fraction of sp³-hybridized carbons (Fsp3) is 0.476. The van der Waals surface area contributed by atoms with Crippen molar-refractivity contribution in [1.29, 1.82) is 15.9 Å². The van der Waals surface area contributed by atoms with E-state index in [2.05, 4.69) is 12.1 Å². The third-order valence-electron chi connectivity index (χ3n) is 5.06. The van der Waals surface area contributed by atoms with Crippen LogP contribution in [-0.2, 0) is 0 Å². The highest BCUT2D eigenvalue weighted by Crippen LogP contribution is 2.49. The van der Waals surface area contributed by atoms with Crippen molar-refractivity contribution in [1.82, 2.24) is 0 Å². The van der Waals surface area contributed by atoms with Crippen molar-refractivity contribution in [3.05, 3.63) is 34.9 Å². The van der Waals surface area contributed by atoms with Gasteiger partial charge in [-0.05, 0) is 56.2 Å². The molecule has 1 N–H and O–H groups in total. The lowest BCUT2D eigenvalue weighted by molar-refractivity contribution is 0.318. The first kappa shape index (κ1) is 18.0. The predicted octanol–water partition coefficient (Wildman–Crippen LogP) is 4.36. The summed E-state index contributed by atoms with van der Waals surface area (Å²) in [5, 5.41) is 27.7. The number of hydrogen-bond donors (Lipinski definition) is 1. The van der Waals surface area contributed by atoms with Crippen molar-refractivity contribution in [3.8, 4) is 23.6 Å². The van der Waals surface area contributed by atoms with E-state index in [1.165, 1.54) is 0 Å². The molecule has 0 spiro atoms. The van der Waals surface area contributed by atoms with Gasteiger partial charge in [0.05, 0.1) is 36.5 Å². The maximum absolute atomic E-state index is 9.72. The molecule has 26 heavy (non-hydrogen) atoms. The third kappa shape index (κ3) is 3.30. The summed E-state index contributed by atoms with van der Waals surface area (Å²) in [7, 11) is 0. The number of rotatable bonds is 6. The third-order valence-corrected chi connectivity index (χ3v) is 5.06. The minimum Gasteiger partial charge on any atom is -0.494 e. The van der Waals surface area contributed by atoms with Crippen LogP contribution in [-0.4, -0.2) is 18.9 Å². The molecular weight excluding hydrogens is 326 g/mol. The Morgan fingerprint density at radius 1 is 1.15 bits per heavy atom. The first-order valence-corrected chi connectivity index (χ1v) is 9.15. The molecule has 0 aliphatic heterocycles. The van der Waals surface area contributed by atoms with Gasteiger partial charge >= 0.3 is 0 Å². The fourth-order valence-electron chi connectivity index (χ4n) is 3.72. The van der Waals surface area contributed by atoms with Crippen LogP contribution in [0.5, 0.6) is 11.5 Å². The molecule has 0 aromatic heterocycles. The second-order valence-corrected chi connectivity index (χ2v) is 6.68. The lowest BCUT2D eigenvalue weighted by atomic mass is 9.71. The van der Waals surface area contributed by atoms with Crippen LogP contribution in [0.4, 0.5) is 0 Å². The first-order chi connectivity index (χ1) is 12.6. The topological polar surface area (TPSA) is 89.9 Å². The summed E-state index contributed by atoms with van der Waals surface area (Å²) in [6, 6.07) is 10.1. The van der Waals surface area contributed by atoms with Gasteiger partial charge in [0.2, 0.25) is 0 Å². The summed E-state index contributed by atoms with van der Waals surface area (Å²) in [5.74, 6) is 1.02. The molecular formula is C21H23N3O2. The van der Waals surface area contributed by atoms with Gasteiger partial charge in [-0.25, -0.2) is 0 Å². The van der Waals surface area contributed by atoms with Crippen molar-refractivity contribution < 1.29 is 9.47 Å². The average Bonchev–Trinajstić information content (AvgIpc) is 3.47. The van der Waals surface area contributed by atoms with Crippen molar-refractivity contribution in [3.63, 3.8) is 0 Å². The van der Waals surface area contributed by atoms with Gasteiger partial charge in [0, 0.05) is 12.0 Å². The van der Waals surface area contributed by atoms with Gasteiger partial charge in [-0.15, -0.1) is 0 Å². The molecule has 1 aromatic rings. The molecule has 2 aliphatic rings. The summed E-state index contributed by atoms with van der Waals surface area (Å²) in [4.78, 5) is 0. The number of hydrogen-bond acceptors (Lipinski definition) is 5. The molecule has 1 aromatic carbocycles. The van der Waals surface area contributed by atoms with E-state index in [4.69, 9.17) is 14.9 Å². The van der Waals surface area contributed by atoms with E-state index < -0.39 is 5.92 Å². The molecule has 1 saturated carbocycles. The molecule has 134 valence electrons. The number of nitrogens with one attached hydrogen (secondary N) is 1. The van der Waals surface area contributed by atoms with Gasteiger partial charge < -0.3 is 14.9 Å². The summed E-state index contributed by atoms with van der Waals surface area (Å²) < 4.78 is 11.4. The Labute approximate surface area is 154 Å². The zero-order valence-electron chi connectivity index (χ0n) is 15.2. The van der Waals surface area contributed by atoms with Gasteiger partial charge in [0.1, 0.15) is 17.6 Å². The SMILES string of the molecule is CCOc1ccc([C@@H]2CC(C3CC3)=C(C#N)C(=N)C2C#N)c(OCC)c1. The van der Waals surface area contributed by atoms with E-state index in [-0.39, 0.29) is 11.6 Å². The molecule has 0 heterocycles. The summed E-state index contributed by atoms with van der Waals surface area (Å²) >= 11 is 0. The normalized spacial score (nSPS) is 22.5. The molecule has 2 aliphatic carbocycles. The van der Waals surface area contributed by atoms with E-state index >= 15 is 0 Å². The Bertz CT molecular complexity index is 825. The molecule has 0 amide bonds. The van der Waals surface area contributed by atoms with Gasteiger partial charge in [-0.2, -0.15) is 10.5 Å². The van der Waals surface area contributed by atoms with Crippen LogP contribution < -0.4 is 9.47 Å². The highest BCUT2D eigenvalue weighted by Gasteiger charge is 2.41. The van der Waals surface area contributed by atoms with Crippen molar-refractivity contribution in [2.24, 2.45) is 11.8 Å². The van der Waals surface area contributed by atoms with Gasteiger partial charge in [-0.3, -0.25) is 0 Å². The van der Waals surface area contributed by atoms with Crippen LogP contribution in [0.1, 0.15) is 44.6 Å². The van der Waals surface area contributed by atoms with Crippen molar-refractivity contribution in [2.45, 2.75) is 39.0 Å². The molecule has 3 rings (SSSR count). The maximum atomic E-state index is 9.72. The Morgan fingerprint density at radius 2 is 1.88 bits per heavy atom. The minimum absolute atomic E-state index is 0.157. The smallest absolute Gasteiger partial charge is 0.126 e. The zero-order valence-corrected chi connectivity index (χ0v) is 15.2. The summed E-state index contributed by atoms with van der Waals surface area (Å²) in [6.45, 7) is 4.93. The highest BCUT2D eigenvalue weighted by molar-refractivity contribution is 6.06. The molecule has 0 bridgehead atoms. The number of allylic oxidation sites excluding steroid dienone is 2. The molecule has 2 atom stereocenters. The molecule has 5 nitrogen and oxygen atoms in total. The van der Waals surface area contributed by atoms with Crippen LogP contribution in [0.25, 0.3) is 0 Å². The number of nitriles is 2. The van der Waals surface area contributed by atoms with Gasteiger partial charge in [-0.1, -0.05) is 6.07 Å². The van der Waals surface area contributed by atoms with E-state index in [1.807, 2.05) is 32.0 Å². The lowest BCUT2D eigenvalue weighted by Crippen LogP contribution is -2.29. The zero-order chi connectivity index (χ0) is 18.7. The van der Waals surface area contributed by atoms with Crippen LogP contribution in [0.2, 0.25) is 0 Å².